The smallest absolute Gasteiger partial charge is 0.142 e. The van der Waals surface area contributed by atoms with Crippen LogP contribution >= 0.6 is 23.2 Å². The Morgan fingerprint density at radius 1 is 1.14 bits per heavy atom. The second kappa shape index (κ2) is 7.03. The molecular weight excluding hydrogens is 307 g/mol. The molecule has 0 saturated carbocycles. The average molecular weight is 325 g/mol. The third kappa shape index (κ3) is 3.26. The fraction of sp³-hybridized carbons (Fsp3) is 0.250. The van der Waals surface area contributed by atoms with Crippen molar-refractivity contribution in [1.29, 1.82) is 0 Å². The van der Waals surface area contributed by atoms with Gasteiger partial charge >= 0.3 is 0 Å². The van der Waals surface area contributed by atoms with Gasteiger partial charge in [-0.2, -0.15) is 0 Å². The van der Waals surface area contributed by atoms with Crippen LogP contribution in [0, 0.1) is 0 Å². The number of nitrogens with zero attached hydrogens (tertiary/aromatic N) is 1. The van der Waals surface area contributed by atoms with Crippen molar-refractivity contribution < 1.29 is 4.74 Å². The maximum atomic E-state index is 6.33. The molecule has 112 valence electrons. The Morgan fingerprint density at radius 2 is 1.86 bits per heavy atom. The Kier molecular flexibility index (Phi) is 5.34. The first-order valence-corrected chi connectivity index (χ1v) is 7.35. The van der Waals surface area contributed by atoms with Gasteiger partial charge in [0.25, 0.3) is 0 Å². The van der Waals surface area contributed by atoms with Crippen molar-refractivity contribution in [2.75, 3.05) is 25.6 Å². The molecule has 3 nitrogen and oxygen atoms in total. The monoisotopic (exact) mass is 324 g/mol. The summed E-state index contributed by atoms with van der Waals surface area (Å²) in [5.74, 6) is 0.789. The lowest BCUT2D eigenvalue weighted by Crippen LogP contribution is -2.31. The van der Waals surface area contributed by atoms with Crippen LogP contribution in [0.5, 0.6) is 5.75 Å². The van der Waals surface area contributed by atoms with Crippen molar-refractivity contribution in [2.45, 2.75) is 6.04 Å². The van der Waals surface area contributed by atoms with E-state index in [-0.39, 0.29) is 6.04 Å². The standard InChI is InChI=1S/C16H18Cl2N2O/c1-20(13-8-3-4-9-15(13)21-2)14(10-19)11-6-5-7-12(17)16(11)18/h3-9,14H,10,19H2,1-2H3. The van der Waals surface area contributed by atoms with E-state index in [4.69, 9.17) is 33.7 Å². The molecule has 2 aromatic rings. The quantitative estimate of drug-likeness (QED) is 0.898. The Labute approximate surface area is 135 Å². The summed E-state index contributed by atoms with van der Waals surface area (Å²) >= 11 is 12.4. The fourth-order valence-corrected chi connectivity index (χ4v) is 2.79. The van der Waals surface area contributed by atoms with Crippen LogP contribution in [0.25, 0.3) is 0 Å². The lowest BCUT2D eigenvalue weighted by molar-refractivity contribution is 0.413. The van der Waals surface area contributed by atoms with Gasteiger partial charge in [0, 0.05) is 13.6 Å². The SMILES string of the molecule is COc1ccccc1N(C)C(CN)c1cccc(Cl)c1Cl. The minimum atomic E-state index is -0.0903. The number of anilines is 1. The number of benzene rings is 2. The third-order valence-corrected chi connectivity index (χ3v) is 4.33. The first-order valence-electron chi connectivity index (χ1n) is 6.60. The molecule has 0 aromatic heterocycles. The summed E-state index contributed by atoms with van der Waals surface area (Å²) in [4.78, 5) is 2.05. The number of para-hydroxylation sites is 2. The molecule has 5 heteroatoms. The molecule has 1 unspecified atom stereocenters. The number of methoxy groups -OCH3 is 1. The van der Waals surface area contributed by atoms with E-state index in [1.807, 2.05) is 43.4 Å². The highest BCUT2D eigenvalue weighted by Crippen LogP contribution is 2.36. The summed E-state index contributed by atoms with van der Waals surface area (Å²) in [6.07, 6.45) is 0. The van der Waals surface area contributed by atoms with E-state index in [0.29, 0.717) is 16.6 Å². The van der Waals surface area contributed by atoms with Gasteiger partial charge in [-0.1, -0.05) is 47.5 Å². The number of halogens is 2. The molecule has 0 radical (unpaired) electrons. The van der Waals surface area contributed by atoms with Gasteiger partial charge in [0.1, 0.15) is 5.75 Å². The normalized spacial score (nSPS) is 12.0. The molecule has 2 N–H and O–H groups in total. The van der Waals surface area contributed by atoms with Crippen molar-refractivity contribution in [1.82, 2.24) is 0 Å². The number of hydrogen-bond donors (Lipinski definition) is 1. The molecule has 0 amide bonds. The molecule has 0 spiro atoms. The van der Waals surface area contributed by atoms with Crippen LogP contribution in [0.3, 0.4) is 0 Å². The minimum Gasteiger partial charge on any atom is -0.495 e. The number of likely N-dealkylation sites (N-methyl/N-ethyl adjacent to an activating group) is 1. The highest BCUT2D eigenvalue weighted by molar-refractivity contribution is 6.42. The predicted octanol–water partition coefficient (Wildman–Crippen LogP) is 4.14. The van der Waals surface area contributed by atoms with Gasteiger partial charge in [0.15, 0.2) is 0 Å². The van der Waals surface area contributed by atoms with Crippen molar-refractivity contribution in [3.05, 3.63) is 58.1 Å². The van der Waals surface area contributed by atoms with Gasteiger partial charge in [-0.3, -0.25) is 0 Å². The zero-order valence-corrected chi connectivity index (χ0v) is 13.5. The highest BCUT2D eigenvalue weighted by atomic mass is 35.5. The summed E-state index contributed by atoms with van der Waals surface area (Å²) < 4.78 is 5.41. The fourth-order valence-electron chi connectivity index (χ4n) is 2.36. The Bertz CT molecular complexity index is 619. The molecule has 0 bridgehead atoms. The molecule has 0 fully saturated rings. The Hall–Kier alpha value is -1.42. The van der Waals surface area contributed by atoms with E-state index >= 15 is 0 Å². The van der Waals surface area contributed by atoms with Crippen LogP contribution in [0.1, 0.15) is 11.6 Å². The van der Waals surface area contributed by atoms with Crippen LogP contribution < -0.4 is 15.4 Å². The van der Waals surface area contributed by atoms with Crippen molar-refractivity contribution in [3.63, 3.8) is 0 Å². The van der Waals surface area contributed by atoms with Crippen molar-refractivity contribution in [3.8, 4) is 5.75 Å². The third-order valence-electron chi connectivity index (χ3n) is 3.50. The first-order chi connectivity index (χ1) is 10.1. The predicted molar refractivity (Wildman–Crippen MR) is 89.7 cm³/mol. The van der Waals surface area contributed by atoms with Gasteiger partial charge < -0.3 is 15.4 Å². The maximum absolute atomic E-state index is 6.33. The van der Waals surface area contributed by atoms with Crippen LogP contribution in [0.2, 0.25) is 10.0 Å². The number of ether oxygens (including phenoxy) is 1. The highest BCUT2D eigenvalue weighted by Gasteiger charge is 2.21. The van der Waals surface area contributed by atoms with Gasteiger partial charge in [-0.25, -0.2) is 0 Å². The first kappa shape index (κ1) is 16.0. The van der Waals surface area contributed by atoms with Gasteiger partial charge in [-0.05, 0) is 23.8 Å². The van der Waals surface area contributed by atoms with Crippen LogP contribution in [0.15, 0.2) is 42.5 Å². The van der Waals surface area contributed by atoms with Gasteiger partial charge in [-0.15, -0.1) is 0 Å². The van der Waals surface area contributed by atoms with E-state index in [1.54, 1.807) is 13.2 Å². The molecule has 0 aliphatic rings. The summed E-state index contributed by atoms with van der Waals surface area (Å²) in [5.41, 5.74) is 7.82. The van der Waals surface area contributed by atoms with Gasteiger partial charge in [0.2, 0.25) is 0 Å². The van der Waals surface area contributed by atoms with Gasteiger partial charge in [0.05, 0.1) is 28.9 Å². The molecule has 0 saturated heterocycles. The molecule has 0 heterocycles. The number of nitrogens with two attached hydrogens (primary N) is 1. The Morgan fingerprint density at radius 3 is 2.52 bits per heavy atom. The van der Waals surface area contributed by atoms with E-state index in [0.717, 1.165) is 17.0 Å². The summed E-state index contributed by atoms with van der Waals surface area (Å²) in [7, 11) is 3.61. The molecular formula is C16H18Cl2N2O. The summed E-state index contributed by atoms with van der Waals surface area (Å²) in [5, 5.41) is 1.07. The van der Waals surface area contributed by atoms with Crippen molar-refractivity contribution in [2.24, 2.45) is 5.73 Å². The van der Waals surface area contributed by atoms with E-state index in [1.165, 1.54) is 0 Å². The molecule has 1 atom stereocenters. The van der Waals surface area contributed by atoms with E-state index < -0.39 is 0 Å². The van der Waals surface area contributed by atoms with E-state index in [9.17, 15) is 0 Å². The minimum absolute atomic E-state index is 0.0903. The van der Waals surface area contributed by atoms with Crippen molar-refractivity contribution >= 4 is 28.9 Å². The molecule has 2 aromatic carbocycles. The van der Waals surface area contributed by atoms with Crippen LogP contribution in [-0.2, 0) is 0 Å². The zero-order chi connectivity index (χ0) is 15.4. The second-order valence-electron chi connectivity index (χ2n) is 4.68. The Balaban J connectivity index is 2.43. The molecule has 0 aliphatic heterocycles. The molecule has 2 rings (SSSR count). The topological polar surface area (TPSA) is 38.5 Å². The lowest BCUT2D eigenvalue weighted by atomic mass is 10.0. The summed E-state index contributed by atoms with van der Waals surface area (Å²) in [6.45, 7) is 0.411. The summed E-state index contributed by atoms with van der Waals surface area (Å²) in [6, 6.07) is 13.3. The largest absolute Gasteiger partial charge is 0.495 e. The maximum Gasteiger partial charge on any atom is 0.142 e. The number of rotatable bonds is 5. The van der Waals surface area contributed by atoms with Crippen LogP contribution in [-0.4, -0.2) is 20.7 Å². The van der Waals surface area contributed by atoms with E-state index in [2.05, 4.69) is 4.90 Å². The average Bonchev–Trinajstić information content (AvgIpc) is 2.51. The lowest BCUT2D eigenvalue weighted by Gasteiger charge is -2.31. The zero-order valence-electron chi connectivity index (χ0n) is 12.0. The van der Waals surface area contributed by atoms with Crippen LogP contribution in [0.4, 0.5) is 5.69 Å². The second-order valence-corrected chi connectivity index (χ2v) is 5.46. The molecule has 21 heavy (non-hydrogen) atoms. The number of hydrogen-bond acceptors (Lipinski definition) is 3. The molecule has 0 aliphatic carbocycles.